The van der Waals surface area contributed by atoms with Crippen LogP contribution in [0.3, 0.4) is 0 Å². The summed E-state index contributed by atoms with van der Waals surface area (Å²) in [5.74, 6) is -0.821. The van der Waals surface area contributed by atoms with E-state index in [2.05, 4.69) is 5.32 Å². The van der Waals surface area contributed by atoms with Crippen LogP contribution in [0.2, 0.25) is 5.02 Å². The molecule has 0 aliphatic rings. The second-order valence-corrected chi connectivity index (χ2v) is 6.07. The normalized spacial score (nSPS) is 11.5. The summed E-state index contributed by atoms with van der Waals surface area (Å²) in [6.07, 6.45) is 0.869. The van der Waals surface area contributed by atoms with Gasteiger partial charge >= 0.3 is 5.97 Å². The predicted octanol–water partition coefficient (Wildman–Crippen LogP) is 4.48. The van der Waals surface area contributed by atoms with Crippen LogP contribution in [0.15, 0.2) is 36.4 Å². The standard InChI is InChI=1S/C19H20ClNO5/c1-4-11(2)26-14-7-5-6-12(8-14)18(22)21-16-10-13(19(23)24)9-15(20)17(16)25-3/h5-11H,4H2,1-3H3,(H,21,22)(H,23,24). The molecule has 0 aliphatic heterocycles. The summed E-state index contributed by atoms with van der Waals surface area (Å²) >= 11 is 6.05. The number of halogens is 1. The second-order valence-electron chi connectivity index (χ2n) is 5.66. The van der Waals surface area contributed by atoms with E-state index >= 15 is 0 Å². The van der Waals surface area contributed by atoms with E-state index in [1.807, 2.05) is 13.8 Å². The van der Waals surface area contributed by atoms with Gasteiger partial charge in [-0.25, -0.2) is 4.79 Å². The van der Waals surface area contributed by atoms with Crippen LogP contribution >= 0.6 is 11.6 Å². The molecule has 6 nitrogen and oxygen atoms in total. The minimum absolute atomic E-state index is 0.0273. The number of anilines is 1. The zero-order valence-corrected chi connectivity index (χ0v) is 15.5. The number of aromatic carboxylic acids is 1. The Morgan fingerprint density at radius 1 is 1.23 bits per heavy atom. The molecule has 0 fully saturated rings. The number of hydrogen-bond donors (Lipinski definition) is 2. The number of nitrogens with one attached hydrogen (secondary N) is 1. The molecule has 26 heavy (non-hydrogen) atoms. The topological polar surface area (TPSA) is 84.9 Å². The summed E-state index contributed by atoms with van der Waals surface area (Å²) in [5, 5.41) is 11.9. The number of benzene rings is 2. The third-order valence-electron chi connectivity index (χ3n) is 3.75. The first-order valence-electron chi connectivity index (χ1n) is 8.04. The molecule has 0 aromatic heterocycles. The van der Waals surface area contributed by atoms with Gasteiger partial charge in [0.1, 0.15) is 5.75 Å². The van der Waals surface area contributed by atoms with Crippen LogP contribution < -0.4 is 14.8 Å². The molecule has 7 heteroatoms. The van der Waals surface area contributed by atoms with Gasteiger partial charge in [-0.1, -0.05) is 24.6 Å². The van der Waals surface area contributed by atoms with E-state index < -0.39 is 11.9 Å². The Hall–Kier alpha value is -2.73. The van der Waals surface area contributed by atoms with Crippen LogP contribution in [0.5, 0.6) is 11.5 Å². The molecule has 138 valence electrons. The van der Waals surface area contributed by atoms with Gasteiger partial charge in [0.2, 0.25) is 0 Å². The van der Waals surface area contributed by atoms with Gasteiger partial charge in [-0.15, -0.1) is 0 Å². The Morgan fingerprint density at radius 3 is 2.58 bits per heavy atom. The average Bonchev–Trinajstić information content (AvgIpc) is 2.61. The summed E-state index contributed by atoms with van der Waals surface area (Å²) in [5.41, 5.74) is 0.486. The maximum Gasteiger partial charge on any atom is 0.335 e. The average molecular weight is 378 g/mol. The molecule has 1 atom stereocenters. The van der Waals surface area contributed by atoms with Gasteiger partial charge in [-0.05, 0) is 43.7 Å². The lowest BCUT2D eigenvalue weighted by Crippen LogP contribution is -2.14. The van der Waals surface area contributed by atoms with Crippen molar-refractivity contribution in [3.8, 4) is 11.5 Å². The highest BCUT2D eigenvalue weighted by atomic mass is 35.5. The number of rotatable bonds is 7. The quantitative estimate of drug-likeness (QED) is 0.743. The summed E-state index contributed by atoms with van der Waals surface area (Å²) in [4.78, 5) is 23.8. The minimum atomic E-state index is -1.16. The van der Waals surface area contributed by atoms with Gasteiger partial charge in [0.05, 0.1) is 29.5 Å². The molecular weight excluding hydrogens is 358 g/mol. The van der Waals surface area contributed by atoms with E-state index in [0.717, 1.165) is 6.42 Å². The molecule has 2 aromatic carbocycles. The molecular formula is C19H20ClNO5. The van der Waals surface area contributed by atoms with Gasteiger partial charge in [-0.3, -0.25) is 4.79 Å². The van der Waals surface area contributed by atoms with E-state index in [-0.39, 0.29) is 28.1 Å². The molecule has 0 heterocycles. The first kappa shape index (κ1) is 19.6. The van der Waals surface area contributed by atoms with Crippen molar-refractivity contribution in [1.82, 2.24) is 0 Å². The SMILES string of the molecule is CCC(C)Oc1cccc(C(=O)Nc2cc(C(=O)O)cc(Cl)c2OC)c1. The number of ether oxygens (including phenoxy) is 2. The molecule has 1 amide bonds. The van der Waals surface area contributed by atoms with Crippen molar-refractivity contribution in [3.63, 3.8) is 0 Å². The van der Waals surface area contributed by atoms with Crippen molar-refractivity contribution in [1.29, 1.82) is 0 Å². The van der Waals surface area contributed by atoms with Crippen molar-refractivity contribution in [2.45, 2.75) is 26.4 Å². The molecule has 0 saturated heterocycles. The van der Waals surface area contributed by atoms with Crippen molar-refractivity contribution < 1.29 is 24.2 Å². The number of carboxylic acid groups (broad SMARTS) is 1. The number of hydrogen-bond acceptors (Lipinski definition) is 4. The first-order chi connectivity index (χ1) is 12.3. The maximum absolute atomic E-state index is 12.6. The highest BCUT2D eigenvalue weighted by Gasteiger charge is 2.17. The fourth-order valence-electron chi connectivity index (χ4n) is 2.24. The summed E-state index contributed by atoms with van der Waals surface area (Å²) in [6, 6.07) is 9.30. The third kappa shape index (κ3) is 4.67. The fourth-order valence-corrected chi connectivity index (χ4v) is 2.53. The van der Waals surface area contributed by atoms with E-state index in [0.29, 0.717) is 11.3 Å². The lowest BCUT2D eigenvalue weighted by atomic mass is 10.1. The van der Waals surface area contributed by atoms with Crippen LogP contribution in [-0.2, 0) is 0 Å². The number of methoxy groups -OCH3 is 1. The van der Waals surface area contributed by atoms with Gasteiger partial charge < -0.3 is 19.9 Å². The van der Waals surface area contributed by atoms with Crippen LogP contribution in [0.25, 0.3) is 0 Å². The minimum Gasteiger partial charge on any atom is -0.493 e. The Morgan fingerprint density at radius 2 is 1.96 bits per heavy atom. The number of carbonyl (C=O) groups is 2. The van der Waals surface area contributed by atoms with Crippen molar-refractivity contribution in [3.05, 3.63) is 52.5 Å². The van der Waals surface area contributed by atoms with Crippen LogP contribution in [0.1, 0.15) is 41.0 Å². The second kappa shape index (κ2) is 8.58. The molecule has 0 radical (unpaired) electrons. The van der Waals surface area contributed by atoms with Crippen LogP contribution in [0, 0.1) is 0 Å². The first-order valence-corrected chi connectivity index (χ1v) is 8.42. The number of carbonyl (C=O) groups excluding carboxylic acids is 1. The zero-order valence-electron chi connectivity index (χ0n) is 14.7. The van der Waals surface area contributed by atoms with E-state index in [1.54, 1.807) is 24.3 Å². The molecule has 2 N–H and O–H groups in total. The largest absolute Gasteiger partial charge is 0.493 e. The fraction of sp³-hybridized carbons (Fsp3) is 0.263. The van der Waals surface area contributed by atoms with Gasteiger partial charge in [0.15, 0.2) is 5.75 Å². The van der Waals surface area contributed by atoms with E-state index in [1.165, 1.54) is 19.2 Å². The van der Waals surface area contributed by atoms with Crippen LogP contribution in [0.4, 0.5) is 5.69 Å². The van der Waals surface area contributed by atoms with Crippen molar-refractivity contribution in [2.24, 2.45) is 0 Å². The lowest BCUT2D eigenvalue weighted by Gasteiger charge is -2.15. The Labute approximate surface area is 156 Å². The van der Waals surface area contributed by atoms with Crippen molar-refractivity contribution >= 4 is 29.2 Å². The maximum atomic E-state index is 12.6. The van der Waals surface area contributed by atoms with Gasteiger partial charge in [0.25, 0.3) is 5.91 Å². The zero-order chi connectivity index (χ0) is 19.3. The molecule has 0 bridgehead atoms. The third-order valence-corrected chi connectivity index (χ3v) is 4.03. The molecule has 1 unspecified atom stereocenters. The Kier molecular flexibility index (Phi) is 6.46. The predicted molar refractivity (Wildman–Crippen MR) is 99.7 cm³/mol. The highest BCUT2D eigenvalue weighted by molar-refractivity contribution is 6.33. The summed E-state index contributed by atoms with van der Waals surface area (Å²) in [7, 11) is 1.39. The molecule has 0 saturated carbocycles. The van der Waals surface area contributed by atoms with E-state index in [4.69, 9.17) is 26.2 Å². The molecule has 0 spiro atoms. The summed E-state index contributed by atoms with van der Waals surface area (Å²) < 4.78 is 10.9. The van der Waals surface area contributed by atoms with Crippen LogP contribution in [-0.4, -0.2) is 30.2 Å². The highest BCUT2D eigenvalue weighted by Crippen LogP contribution is 2.34. The van der Waals surface area contributed by atoms with E-state index in [9.17, 15) is 9.59 Å². The van der Waals surface area contributed by atoms with Gasteiger partial charge in [0, 0.05) is 5.56 Å². The number of amides is 1. The number of carboxylic acids is 1. The van der Waals surface area contributed by atoms with Crippen molar-refractivity contribution in [2.75, 3.05) is 12.4 Å². The molecule has 2 aromatic rings. The molecule has 0 aliphatic carbocycles. The summed E-state index contributed by atoms with van der Waals surface area (Å²) in [6.45, 7) is 3.95. The Balaban J connectivity index is 2.30. The lowest BCUT2D eigenvalue weighted by molar-refractivity contribution is 0.0696. The van der Waals surface area contributed by atoms with Gasteiger partial charge in [-0.2, -0.15) is 0 Å². The monoisotopic (exact) mass is 377 g/mol. The Bertz CT molecular complexity index is 822. The smallest absolute Gasteiger partial charge is 0.335 e. The molecule has 2 rings (SSSR count).